The van der Waals surface area contributed by atoms with Crippen molar-refractivity contribution in [3.8, 4) is 17.6 Å². The Morgan fingerprint density at radius 2 is 2.14 bits per heavy atom. The van der Waals surface area contributed by atoms with Crippen LogP contribution in [0, 0.1) is 11.8 Å². The van der Waals surface area contributed by atoms with Gasteiger partial charge in [0.15, 0.2) is 0 Å². The van der Waals surface area contributed by atoms with E-state index in [1.165, 1.54) is 0 Å². The molecule has 1 rings (SSSR count). The lowest BCUT2D eigenvalue weighted by molar-refractivity contribution is 0.339. The second-order valence-corrected chi connectivity index (χ2v) is 3.46. The molecule has 2 heteroatoms. The van der Waals surface area contributed by atoms with Gasteiger partial charge in [-0.05, 0) is 19.1 Å². The monoisotopic (exact) mass is 252 g/mol. The Morgan fingerprint density at radius 3 is 2.86 bits per heavy atom. The number of hydrogen-bond donors (Lipinski definition) is 0. The SMILES string of the molecule is CCOc1ccccc1C#CCCBr. The minimum absolute atomic E-state index is 0.678. The first-order valence-corrected chi connectivity index (χ1v) is 5.77. The highest BCUT2D eigenvalue weighted by Crippen LogP contribution is 2.16. The van der Waals surface area contributed by atoms with E-state index >= 15 is 0 Å². The van der Waals surface area contributed by atoms with Crippen molar-refractivity contribution >= 4 is 15.9 Å². The first kappa shape index (κ1) is 11.1. The van der Waals surface area contributed by atoms with Crippen molar-refractivity contribution in [3.05, 3.63) is 29.8 Å². The second kappa shape index (κ2) is 6.50. The van der Waals surface area contributed by atoms with Crippen LogP contribution in [0.1, 0.15) is 18.9 Å². The molecule has 0 aliphatic rings. The van der Waals surface area contributed by atoms with E-state index in [4.69, 9.17) is 4.74 Å². The summed E-state index contributed by atoms with van der Waals surface area (Å²) in [7, 11) is 0. The standard InChI is InChI=1S/C12H13BrO/c1-2-14-12-9-4-3-7-11(12)8-5-6-10-13/h3-4,7,9H,2,6,10H2,1H3. The highest BCUT2D eigenvalue weighted by Gasteiger charge is 1.97. The van der Waals surface area contributed by atoms with Crippen LogP contribution in [0.5, 0.6) is 5.75 Å². The molecular formula is C12H13BrO. The van der Waals surface area contributed by atoms with E-state index in [-0.39, 0.29) is 0 Å². The van der Waals surface area contributed by atoms with Crippen LogP contribution in [0.25, 0.3) is 0 Å². The molecule has 0 N–H and O–H groups in total. The molecule has 0 bridgehead atoms. The van der Waals surface area contributed by atoms with Crippen LogP contribution >= 0.6 is 15.9 Å². The number of alkyl halides is 1. The Kier molecular flexibility index (Phi) is 5.17. The van der Waals surface area contributed by atoms with Crippen LogP contribution in [0.4, 0.5) is 0 Å². The van der Waals surface area contributed by atoms with E-state index in [2.05, 4.69) is 27.8 Å². The van der Waals surface area contributed by atoms with Gasteiger partial charge in [0.2, 0.25) is 0 Å². The van der Waals surface area contributed by atoms with Crippen LogP contribution < -0.4 is 4.74 Å². The number of benzene rings is 1. The summed E-state index contributed by atoms with van der Waals surface area (Å²) in [5.41, 5.74) is 0.968. The molecule has 0 fully saturated rings. The summed E-state index contributed by atoms with van der Waals surface area (Å²) in [4.78, 5) is 0. The quantitative estimate of drug-likeness (QED) is 0.593. The Hall–Kier alpha value is -0.940. The van der Waals surface area contributed by atoms with Crippen LogP contribution in [-0.4, -0.2) is 11.9 Å². The fraction of sp³-hybridized carbons (Fsp3) is 0.333. The molecule has 0 atom stereocenters. The van der Waals surface area contributed by atoms with Crippen LogP contribution in [0.2, 0.25) is 0 Å². The first-order valence-electron chi connectivity index (χ1n) is 4.65. The summed E-state index contributed by atoms with van der Waals surface area (Å²) in [6.07, 6.45) is 0.862. The van der Waals surface area contributed by atoms with E-state index < -0.39 is 0 Å². The highest BCUT2D eigenvalue weighted by molar-refractivity contribution is 9.09. The molecular weight excluding hydrogens is 240 g/mol. The highest BCUT2D eigenvalue weighted by atomic mass is 79.9. The van der Waals surface area contributed by atoms with Crippen molar-refractivity contribution in [1.29, 1.82) is 0 Å². The van der Waals surface area contributed by atoms with E-state index in [0.29, 0.717) is 6.61 Å². The predicted molar refractivity (Wildman–Crippen MR) is 62.9 cm³/mol. The maximum absolute atomic E-state index is 5.45. The van der Waals surface area contributed by atoms with Crippen molar-refractivity contribution in [1.82, 2.24) is 0 Å². The minimum Gasteiger partial charge on any atom is -0.493 e. The second-order valence-electron chi connectivity index (χ2n) is 2.67. The van der Waals surface area contributed by atoms with Gasteiger partial charge >= 0.3 is 0 Å². The Morgan fingerprint density at radius 1 is 1.36 bits per heavy atom. The number of halogens is 1. The lowest BCUT2D eigenvalue weighted by Crippen LogP contribution is -1.93. The summed E-state index contributed by atoms with van der Waals surface area (Å²) < 4.78 is 5.45. The molecule has 74 valence electrons. The van der Waals surface area contributed by atoms with Gasteiger partial charge in [0.1, 0.15) is 5.75 Å². The van der Waals surface area contributed by atoms with Gasteiger partial charge in [0.05, 0.1) is 12.2 Å². The molecule has 1 aromatic rings. The van der Waals surface area contributed by atoms with E-state index in [1.807, 2.05) is 31.2 Å². The molecule has 0 heterocycles. The minimum atomic E-state index is 0.678. The molecule has 0 radical (unpaired) electrons. The molecule has 0 unspecified atom stereocenters. The van der Waals surface area contributed by atoms with Gasteiger partial charge in [-0.1, -0.05) is 39.9 Å². The average molecular weight is 253 g/mol. The smallest absolute Gasteiger partial charge is 0.134 e. The molecule has 1 nitrogen and oxygen atoms in total. The van der Waals surface area contributed by atoms with Crippen molar-refractivity contribution in [2.24, 2.45) is 0 Å². The lowest BCUT2D eigenvalue weighted by Gasteiger charge is -2.04. The van der Waals surface area contributed by atoms with Crippen LogP contribution in [0.3, 0.4) is 0 Å². The normalized spacial score (nSPS) is 9.00. The third kappa shape index (κ3) is 3.43. The van der Waals surface area contributed by atoms with Crippen molar-refractivity contribution in [2.75, 3.05) is 11.9 Å². The van der Waals surface area contributed by atoms with Gasteiger partial charge in [-0.3, -0.25) is 0 Å². The van der Waals surface area contributed by atoms with Gasteiger partial charge in [-0.25, -0.2) is 0 Å². The van der Waals surface area contributed by atoms with Gasteiger partial charge in [-0.15, -0.1) is 0 Å². The largest absolute Gasteiger partial charge is 0.493 e. The molecule has 1 aromatic carbocycles. The molecule has 0 saturated heterocycles. The van der Waals surface area contributed by atoms with Gasteiger partial charge in [0, 0.05) is 11.8 Å². The topological polar surface area (TPSA) is 9.23 Å². The molecule has 0 aromatic heterocycles. The molecule has 0 saturated carbocycles. The summed E-state index contributed by atoms with van der Waals surface area (Å²) in [5.74, 6) is 7.04. The molecule has 0 aliphatic heterocycles. The fourth-order valence-electron chi connectivity index (χ4n) is 1.06. The molecule has 14 heavy (non-hydrogen) atoms. The van der Waals surface area contributed by atoms with Gasteiger partial charge < -0.3 is 4.74 Å². The van der Waals surface area contributed by atoms with E-state index in [1.54, 1.807) is 0 Å². The zero-order valence-corrected chi connectivity index (χ0v) is 9.80. The van der Waals surface area contributed by atoms with E-state index in [9.17, 15) is 0 Å². The van der Waals surface area contributed by atoms with Gasteiger partial charge in [0.25, 0.3) is 0 Å². The predicted octanol–water partition coefficient (Wildman–Crippen LogP) is 3.22. The maximum Gasteiger partial charge on any atom is 0.134 e. The fourth-order valence-corrected chi connectivity index (χ4v) is 1.25. The summed E-state index contributed by atoms with van der Waals surface area (Å²) in [5, 5.41) is 0.913. The third-order valence-electron chi connectivity index (χ3n) is 1.63. The van der Waals surface area contributed by atoms with Crippen molar-refractivity contribution < 1.29 is 4.74 Å². The Bertz CT molecular complexity index is 336. The van der Waals surface area contributed by atoms with Gasteiger partial charge in [-0.2, -0.15) is 0 Å². The zero-order valence-electron chi connectivity index (χ0n) is 8.22. The molecule has 0 spiro atoms. The zero-order chi connectivity index (χ0) is 10.2. The number of hydrogen-bond acceptors (Lipinski definition) is 1. The summed E-state index contributed by atoms with van der Waals surface area (Å²) >= 11 is 3.34. The molecule has 0 aliphatic carbocycles. The van der Waals surface area contributed by atoms with Crippen molar-refractivity contribution in [3.63, 3.8) is 0 Å². The maximum atomic E-state index is 5.45. The van der Waals surface area contributed by atoms with Crippen LogP contribution in [0.15, 0.2) is 24.3 Å². The first-order chi connectivity index (χ1) is 6.88. The third-order valence-corrected chi connectivity index (χ3v) is 2.03. The number of ether oxygens (including phenoxy) is 1. The number of para-hydroxylation sites is 1. The Balaban J connectivity index is 2.80. The Labute approximate surface area is 93.6 Å². The van der Waals surface area contributed by atoms with Crippen LogP contribution in [-0.2, 0) is 0 Å². The summed E-state index contributed by atoms with van der Waals surface area (Å²) in [6, 6.07) is 7.86. The molecule has 0 amide bonds. The lowest BCUT2D eigenvalue weighted by atomic mass is 10.2. The summed E-state index contributed by atoms with van der Waals surface area (Å²) in [6.45, 7) is 2.65. The van der Waals surface area contributed by atoms with Crippen molar-refractivity contribution in [2.45, 2.75) is 13.3 Å². The van der Waals surface area contributed by atoms with E-state index in [0.717, 1.165) is 23.1 Å². The average Bonchev–Trinajstić information content (AvgIpc) is 2.21. The number of rotatable bonds is 3.